The van der Waals surface area contributed by atoms with Crippen LogP contribution >= 0.6 is 11.8 Å². The van der Waals surface area contributed by atoms with Crippen LogP contribution in [0.3, 0.4) is 0 Å². The van der Waals surface area contributed by atoms with Gasteiger partial charge in [0.25, 0.3) is 0 Å². The van der Waals surface area contributed by atoms with Gasteiger partial charge in [-0.15, -0.1) is 0 Å². The Bertz CT molecular complexity index is 1190. The average molecular weight is 526 g/mol. The largest absolute Gasteiger partial charge is 0.458 e. The fraction of sp³-hybridized carbons (Fsp3) is 0.360. The number of hydrogen-bond donors (Lipinski definition) is 1. The van der Waals surface area contributed by atoms with E-state index in [4.69, 9.17) is 9.47 Å². The predicted octanol–water partition coefficient (Wildman–Crippen LogP) is 1.89. The van der Waals surface area contributed by atoms with Gasteiger partial charge in [0.1, 0.15) is 11.5 Å². The molecular weight excluding hydrogens is 498 g/mol. The first-order valence-corrected chi connectivity index (χ1v) is 12.5. The summed E-state index contributed by atoms with van der Waals surface area (Å²) in [6.07, 6.45) is 4.40. The highest BCUT2D eigenvalue weighted by molar-refractivity contribution is 8.00. The number of esters is 1. The van der Waals surface area contributed by atoms with Crippen molar-refractivity contribution in [3.63, 3.8) is 0 Å². The first kappa shape index (κ1) is 26.3. The monoisotopic (exact) mass is 525 g/mol. The third kappa shape index (κ3) is 6.92. The van der Waals surface area contributed by atoms with Crippen molar-refractivity contribution in [3.05, 3.63) is 54.4 Å². The maximum atomic E-state index is 12.9. The number of amides is 2. The van der Waals surface area contributed by atoms with E-state index in [1.165, 1.54) is 30.5 Å². The SMILES string of the molecule is CC(=O)NC[C@H]1CN(c2ccc(C3=CCN([C@@H](Sc4ncccn4)C(=O)COC(C)=O)C3)cc2)C(=O)O1. The number of ketones is 1. The lowest BCUT2D eigenvalue weighted by molar-refractivity contribution is -0.146. The van der Waals surface area contributed by atoms with Gasteiger partial charge in [0.05, 0.1) is 13.1 Å². The Labute approximate surface area is 218 Å². The summed E-state index contributed by atoms with van der Waals surface area (Å²) in [6, 6.07) is 9.22. The van der Waals surface area contributed by atoms with Crippen LogP contribution in [0, 0.1) is 0 Å². The van der Waals surface area contributed by atoms with Crippen molar-refractivity contribution >= 4 is 46.8 Å². The molecule has 1 aromatic heterocycles. The first-order valence-electron chi connectivity index (χ1n) is 11.7. The van der Waals surface area contributed by atoms with Crippen LogP contribution in [0.25, 0.3) is 5.57 Å². The molecule has 1 saturated heterocycles. The minimum Gasteiger partial charge on any atom is -0.458 e. The fourth-order valence-corrected chi connectivity index (χ4v) is 4.90. The van der Waals surface area contributed by atoms with Crippen molar-refractivity contribution in [2.75, 3.05) is 37.7 Å². The minimum absolute atomic E-state index is 0.178. The van der Waals surface area contributed by atoms with Crippen molar-refractivity contribution < 1.29 is 28.7 Å². The highest BCUT2D eigenvalue weighted by Crippen LogP contribution is 2.31. The lowest BCUT2D eigenvalue weighted by Gasteiger charge is -2.25. The molecule has 0 bridgehead atoms. The average Bonchev–Trinajstić information content (AvgIpc) is 3.52. The van der Waals surface area contributed by atoms with Crippen LogP contribution < -0.4 is 10.2 Å². The molecule has 1 fully saturated rings. The van der Waals surface area contributed by atoms with Gasteiger partial charge in [0.2, 0.25) is 5.91 Å². The van der Waals surface area contributed by atoms with Gasteiger partial charge in [-0.25, -0.2) is 14.8 Å². The van der Waals surface area contributed by atoms with E-state index in [-0.39, 0.29) is 24.8 Å². The summed E-state index contributed by atoms with van der Waals surface area (Å²) in [7, 11) is 0. The Balaban J connectivity index is 1.40. The molecule has 37 heavy (non-hydrogen) atoms. The van der Waals surface area contributed by atoms with E-state index < -0.39 is 23.5 Å². The smallest absolute Gasteiger partial charge is 0.414 e. The van der Waals surface area contributed by atoms with E-state index in [9.17, 15) is 19.2 Å². The normalized spacial score (nSPS) is 18.2. The summed E-state index contributed by atoms with van der Waals surface area (Å²) in [5.41, 5.74) is 2.68. The minimum atomic E-state index is -0.630. The molecule has 0 spiro atoms. The van der Waals surface area contributed by atoms with Gasteiger partial charge in [-0.1, -0.05) is 30.0 Å². The van der Waals surface area contributed by atoms with Crippen molar-refractivity contribution in [3.8, 4) is 0 Å². The van der Waals surface area contributed by atoms with E-state index >= 15 is 0 Å². The molecule has 3 heterocycles. The number of rotatable bonds is 10. The topological polar surface area (TPSA) is 131 Å². The van der Waals surface area contributed by atoms with E-state index in [0.717, 1.165) is 11.1 Å². The molecule has 2 amide bonds. The maximum absolute atomic E-state index is 12.9. The number of Topliss-reactive ketones (excluding diaryl/α,β-unsaturated/α-hetero) is 1. The number of benzene rings is 1. The molecule has 12 heteroatoms. The van der Waals surface area contributed by atoms with Crippen LogP contribution in [0.1, 0.15) is 19.4 Å². The third-order valence-corrected chi connectivity index (χ3v) is 6.94. The molecule has 1 N–H and O–H groups in total. The van der Waals surface area contributed by atoms with Crippen molar-refractivity contribution in [1.82, 2.24) is 20.2 Å². The second-order valence-corrected chi connectivity index (χ2v) is 9.55. The highest BCUT2D eigenvalue weighted by atomic mass is 32.2. The van der Waals surface area contributed by atoms with E-state index in [0.29, 0.717) is 30.5 Å². The van der Waals surface area contributed by atoms with Crippen LogP contribution in [0.4, 0.5) is 10.5 Å². The second kappa shape index (κ2) is 12.0. The molecule has 2 aromatic rings. The van der Waals surface area contributed by atoms with Gasteiger partial charge in [-0.2, -0.15) is 0 Å². The van der Waals surface area contributed by atoms with Crippen LogP contribution in [-0.4, -0.2) is 82.9 Å². The molecule has 2 aliphatic rings. The van der Waals surface area contributed by atoms with Gasteiger partial charge in [0.15, 0.2) is 17.5 Å². The Kier molecular flexibility index (Phi) is 8.51. The van der Waals surface area contributed by atoms with E-state index in [1.54, 1.807) is 18.5 Å². The first-order chi connectivity index (χ1) is 17.8. The van der Waals surface area contributed by atoms with Crippen molar-refractivity contribution in [1.29, 1.82) is 0 Å². The lowest BCUT2D eigenvalue weighted by Crippen LogP contribution is -2.39. The number of carbonyl (C=O) groups excluding carboxylic acids is 4. The zero-order valence-corrected chi connectivity index (χ0v) is 21.3. The Morgan fingerprint density at radius 1 is 1.19 bits per heavy atom. The van der Waals surface area contributed by atoms with Crippen molar-refractivity contribution in [2.24, 2.45) is 0 Å². The Hall–Kier alpha value is -3.77. The summed E-state index contributed by atoms with van der Waals surface area (Å²) in [5, 5.41) is 2.49. The molecule has 1 aromatic carbocycles. The zero-order chi connectivity index (χ0) is 26.4. The number of cyclic esters (lactones) is 1. The molecule has 0 radical (unpaired) electrons. The number of ether oxygens (including phenoxy) is 2. The molecule has 0 aliphatic carbocycles. The zero-order valence-electron chi connectivity index (χ0n) is 20.5. The van der Waals surface area contributed by atoms with E-state index in [1.807, 2.05) is 35.2 Å². The molecule has 0 unspecified atom stereocenters. The summed E-state index contributed by atoms with van der Waals surface area (Å²) in [5.74, 6) is -0.946. The molecule has 4 rings (SSSR count). The lowest BCUT2D eigenvalue weighted by atomic mass is 10.1. The molecule has 0 saturated carbocycles. The molecule has 11 nitrogen and oxygen atoms in total. The summed E-state index contributed by atoms with van der Waals surface area (Å²) in [6.45, 7) is 3.99. The standard InChI is InChI=1S/C25H27N5O6S/c1-16(31)28-12-21-14-30(25(34)36-21)20-6-4-18(5-7-20)19-8-11-29(13-19)23(22(33)15-35-17(2)32)37-24-26-9-3-10-27-24/h3-10,21,23H,11-15H2,1-2H3,(H,28,31)/t21-,23-/m0/s1. The third-order valence-electron chi connectivity index (χ3n) is 5.73. The number of hydrogen-bond acceptors (Lipinski definition) is 10. The Morgan fingerprint density at radius 3 is 2.59 bits per heavy atom. The molecular formula is C25H27N5O6S. The fourth-order valence-electron chi connectivity index (χ4n) is 3.95. The van der Waals surface area contributed by atoms with Crippen LogP contribution in [-0.2, 0) is 23.9 Å². The predicted molar refractivity (Wildman–Crippen MR) is 136 cm³/mol. The molecule has 194 valence electrons. The molecule has 2 atom stereocenters. The Morgan fingerprint density at radius 2 is 1.92 bits per heavy atom. The van der Waals surface area contributed by atoms with Crippen LogP contribution in [0.2, 0.25) is 0 Å². The van der Waals surface area contributed by atoms with Gasteiger partial charge in [-0.05, 0) is 29.3 Å². The van der Waals surface area contributed by atoms with Crippen LogP contribution in [0.5, 0.6) is 0 Å². The van der Waals surface area contributed by atoms with Gasteiger partial charge in [-0.3, -0.25) is 24.2 Å². The van der Waals surface area contributed by atoms with E-state index in [2.05, 4.69) is 15.3 Å². The summed E-state index contributed by atoms with van der Waals surface area (Å²) in [4.78, 5) is 59.5. The number of thioether (sulfide) groups is 1. The number of nitrogens with one attached hydrogen (secondary N) is 1. The number of nitrogens with zero attached hydrogens (tertiary/aromatic N) is 4. The number of carbonyl (C=O) groups is 4. The summed E-state index contributed by atoms with van der Waals surface area (Å²) < 4.78 is 10.3. The van der Waals surface area contributed by atoms with Gasteiger partial charge >= 0.3 is 12.1 Å². The van der Waals surface area contributed by atoms with Crippen LogP contribution in [0.15, 0.2) is 54.0 Å². The summed E-state index contributed by atoms with van der Waals surface area (Å²) >= 11 is 1.21. The number of anilines is 1. The van der Waals surface area contributed by atoms with Crippen molar-refractivity contribution in [2.45, 2.75) is 30.5 Å². The highest BCUT2D eigenvalue weighted by Gasteiger charge is 2.33. The maximum Gasteiger partial charge on any atom is 0.414 e. The van der Waals surface area contributed by atoms with Gasteiger partial charge in [0, 0.05) is 45.0 Å². The quantitative estimate of drug-likeness (QED) is 0.279. The second-order valence-electron chi connectivity index (χ2n) is 8.51. The van der Waals surface area contributed by atoms with Gasteiger partial charge < -0.3 is 14.8 Å². The molecule has 2 aliphatic heterocycles. The number of aromatic nitrogens is 2.